The van der Waals surface area contributed by atoms with E-state index >= 15 is 0 Å². The maximum atomic E-state index is 12.7. The van der Waals surface area contributed by atoms with Gasteiger partial charge in [-0.05, 0) is 36.4 Å². The van der Waals surface area contributed by atoms with Crippen LogP contribution >= 0.6 is 11.6 Å². The minimum atomic E-state index is -0.178. The molecule has 116 valence electrons. The Labute approximate surface area is 137 Å². The number of hydrogen-bond donors (Lipinski definition) is 1. The first-order valence-electron chi connectivity index (χ1n) is 7.01. The molecule has 5 heteroatoms. The molecule has 0 atom stereocenters. The molecule has 0 fully saturated rings. The number of nitrogens with zero attached hydrogens (tertiary/aromatic N) is 1. The summed E-state index contributed by atoms with van der Waals surface area (Å²) in [5.41, 5.74) is 1.30. The summed E-state index contributed by atoms with van der Waals surface area (Å²) < 4.78 is 6.78. The van der Waals surface area contributed by atoms with Crippen molar-refractivity contribution in [3.8, 4) is 11.4 Å². The Hall–Kier alpha value is -2.72. The Bertz CT molecular complexity index is 1000. The molecule has 1 N–H and O–H groups in total. The van der Waals surface area contributed by atoms with Crippen molar-refractivity contribution in [3.63, 3.8) is 0 Å². The van der Waals surface area contributed by atoms with Crippen LogP contribution in [-0.4, -0.2) is 16.9 Å². The van der Waals surface area contributed by atoms with Gasteiger partial charge in [0, 0.05) is 10.6 Å². The van der Waals surface area contributed by atoms with Gasteiger partial charge < -0.3 is 4.74 Å². The van der Waals surface area contributed by atoms with Crippen molar-refractivity contribution < 1.29 is 4.74 Å². The van der Waals surface area contributed by atoms with Gasteiger partial charge in [0.25, 0.3) is 5.56 Å². The highest BCUT2D eigenvalue weighted by Crippen LogP contribution is 2.22. The fraction of sp³-hybridized carbons (Fsp3) is 0.0556. The maximum absolute atomic E-state index is 12.7. The first-order valence-corrected chi connectivity index (χ1v) is 7.38. The smallest absolute Gasteiger partial charge is 0.279 e. The van der Waals surface area contributed by atoms with Gasteiger partial charge in [0.05, 0.1) is 23.4 Å². The van der Waals surface area contributed by atoms with E-state index in [1.54, 1.807) is 31.4 Å². The average Bonchev–Trinajstić information content (AvgIpc) is 2.84. The number of methoxy groups -OCH3 is 1. The van der Waals surface area contributed by atoms with Crippen molar-refractivity contribution in [3.05, 3.63) is 80.0 Å². The number of rotatable bonds is 3. The zero-order chi connectivity index (χ0) is 16.4. The fourth-order valence-electron chi connectivity index (χ4n) is 2.38. The molecule has 0 radical (unpaired) electrons. The van der Waals surface area contributed by atoms with Crippen molar-refractivity contribution in [1.29, 1.82) is 0 Å². The number of para-hydroxylation sites is 1. The molecule has 1 heterocycles. The van der Waals surface area contributed by atoms with Crippen LogP contribution in [0.4, 0.5) is 0 Å². The van der Waals surface area contributed by atoms with Crippen molar-refractivity contribution in [2.75, 3.05) is 7.11 Å². The van der Waals surface area contributed by atoms with E-state index in [2.05, 4.69) is 11.7 Å². The number of benzene rings is 2. The Balaban J connectivity index is 2.23. The van der Waals surface area contributed by atoms with Crippen LogP contribution in [0, 0.1) is 0 Å². The second-order valence-electron chi connectivity index (χ2n) is 5.01. The molecule has 0 saturated heterocycles. The summed E-state index contributed by atoms with van der Waals surface area (Å²) in [6.45, 7) is 3.92. The average molecular weight is 327 g/mol. The highest BCUT2D eigenvalue weighted by Gasteiger charge is 2.06. The zero-order valence-corrected chi connectivity index (χ0v) is 13.3. The molecule has 23 heavy (non-hydrogen) atoms. The fourth-order valence-corrected chi connectivity index (χ4v) is 2.56. The van der Waals surface area contributed by atoms with E-state index in [0.717, 1.165) is 11.3 Å². The van der Waals surface area contributed by atoms with E-state index in [0.29, 0.717) is 21.3 Å². The Morgan fingerprint density at radius 1 is 1.22 bits per heavy atom. The lowest BCUT2D eigenvalue weighted by molar-refractivity contribution is 0.414. The number of halogens is 1. The molecule has 3 aromatic rings. The van der Waals surface area contributed by atoms with Gasteiger partial charge in [-0.1, -0.05) is 36.4 Å². The number of aromatic amines is 1. The second-order valence-corrected chi connectivity index (χ2v) is 5.45. The molecule has 0 aliphatic carbocycles. The van der Waals surface area contributed by atoms with E-state index in [9.17, 15) is 4.79 Å². The predicted molar refractivity (Wildman–Crippen MR) is 92.7 cm³/mol. The highest BCUT2D eigenvalue weighted by molar-refractivity contribution is 6.30. The minimum absolute atomic E-state index is 0.178. The number of H-pyrrole nitrogens is 1. The first kappa shape index (κ1) is 15.2. The quantitative estimate of drug-likeness (QED) is 0.801. The Morgan fingerprint density at radius 2 is 1.96 bits per heavy atom. The summed E-state index contributed by atoms with van der Waals surface area (Å²) in [5, 5.41) is 4.56. The Kier molecular flexibility index (Phi) is 4.08. The van der Waals surface area contributed by atoms with Crippen LogP contribution in [-0.2, 0) is 0 Å². The molecule has 0 aliphatic heterocycles. The molecule has 0 amide bonds. The molecule has 3 rings (SSSR count). The molecule has 1 aromatic heterocycles. The van der Waals surface area contributed by atoms with E-state index in [4.69, 9.17) is 16.3 Å². The minimum Gasteiger partial charge on any atom is -0.496 e. The maximum Gasteiger partial charge on any atom is 0.279 e. The van der Waals surface area contributed by atoms with Gasteiger partial charge in [0.1, 0.15) is 5.75 Å². The van der Waals surface area contributed by atoms with Crippen LogP contribution in [0.1, 0.15) is 5.56 Å². The van der Waals surface area contributed by atoms with Gasteiger partial charge in [0.2, 0.25) is 0 Å². The third-order valence-corrected chi connectivity index (χ3v) is 3.75. The second kappa shape index (κ2) is 6.18. The third-order valence-electron chi connectivity index (χ3n) is 3.51. The van der Waals surface area contributed by atoms with Crippen molar-refractivity contribution in [1.82, 2.24) is 9.78 Å². The van der Waals surface area contributed by atoms with Crippen LogP contribution in [0.25, 0.3) is 18.3 Å². The first-order chi connectivity index (χ1) is 11.1. The van der Waals surface area contributed by atoms with E-state index in [1.807, 2.05) is 30.3 Å². The number of ether oxygens (including phenoxy) is 1. The summed E-state index contributed by atoms with van der Waals surface area (Å²) in [7, 11) is 1.57. The van der Waals surface area contributed by atoms with Gasteiger partial charge in [-0.15, -0.1) is 0 Å². The van der Waals surface area contributed by atoms with Gasteiger partial charge >= 0.3 is 0 Å². The van der Waals surface area contributed by atoms with Gasteiger partial charge in [0.15, 0.2) is 0 Å². The summed E-state index contributed by atoms with van der Waals surface area (Å²) in [5.74, 6) is 0.640. The van der Waals surface area contributed by atoms with E-state index in [-0.39, 0.29) is 5.56 Å². The lowest BCUT2D eigenvalue weighted by atomic mass is 10.1. The summed E-state index contributed by atoms with van der Waals surface area (Å²) >= 11 is 6.04. The van der Waals surface area contributed by atoms with E-state index in [1.165, 1.54) is 4.68 Å². The molecule has 0 saturated carbocycles. The summed E-state index contributed by atoms with van der Waals surface area (Å²) in [6, 6.07) is 14.6. The molecule has 2 aromatic carbocycles. The molecule has 0 bridgehead atoms. The highest BCUT2D eigenvalue weighted by atomic mass is 35.5. The SMILES string of the molecule is C=c1[nH]n(-c2ccccc2)c(=O)c1=Cc1cc(Cl)ccc1OC. The number of nitrogens with one attached hydrogen (secondary N) is 1. The number of aromatic nitrogens is 2. The summed E-state index contributed by atoms with van der Waals surface area (Å²) in [4.78, 5) is 12.7. The van der Waals surface area contributed by atoms with Crippen LogP contribution in [0.15, 0.2) is 53.3 Å². The zero-order valence-electron chi connectivity index (χ0n) is 12.5. The van der Waals surface area contributed by atoms with Crippen LogP contribution in [0.5, 0.6) is 5.75 Å². The molecular formula is C18H15ClN2O2. The monoisotopic (exact) mass is 326 g/mol. The lowest BCUT2D eigenvalue weighted by Crippen LogP contribution is -2.34. The number of hydrogen-bond acceptors (Lipinski definition) is 2. The largest absolute Gasteiger partial charge is 0.496 e. The van der Waals surface area contributed by atoms with Gasteiger partial charge in [-0.3, -0.25) is 9.89 Å². The summed E-state index contributed by atoms with van der Waals surface area (Å²) in [6.07, 6.45) is 1.73. The molecule has 0 aliphatic rings. The van der Waals surface area contributed by atoms with Crippen LogP contribution in [0.2, 0.25) is 5.02 Å². The molecule has 0 spiro atoms. The van der Waals surface area contributed by atoms with Gasteiger partial charge in [-0.25, -0.2) is 4.68 Å². The molecular weight excluding hydrogens is 312 g/mol. The normalized spacial score (nSPS) is 11.7. The van der Waals surface area contributed by atoms with Crippen LogP contribution < -0.4 is 20.9 Å². The Morgan fingerprint density at radius 3 is 2.65 bits per heavy atom. The standard InChI is InChI=1S/C18H15ClN2O2/c1-12-16(11-13-10-14(19)8-9-17(13)23-2)18(22)21(20-12)15-6-4-3-5-7-15/h3-11,20H,1H2,2H3. The van der Waals surface area contributed by atoms with Gasteiger partial charge in [-0.2, -0.15) is 0 Å². The van der Waals surface area contributed by atoms with Crippen LogP contribution in [0.3, 0.4) is 0 Å². The van der Waals surface area contributed by atoms with Crippen molar-refractivity contribution in [2.45, 2.75) is 0 Å². The molecule has 0 unspecified atom stereocenters. The topological polar surface area (TPSA) is 47.0 Å². The van der Waals surface area contributed by atoms with Crippen molar-refractivity contribution in [2.24, 2.45) is 0 Å². The molecule has 4 nitrogen and oxygen atoms in total. The van der Waals surface area contributed by atoms with Crippen molar-refractivity contribution >= 4 is 24.3 Å². The third kappa shape index (κ3) is 2.94. The predicted octanol–water partition coefficient (Wildman–Crippen LogP) is 2.07. The lowest BCUT2D eigenvalue weighted by Gasteiger charge is -2.04. The van der Waals surface area contributed by atoms with E-state index < -0.39 is 0 Å².